The van der Waals surface area contributed by atoms with Crippen molar-refractivity contribution in [2.75, 3.05) is 4.72 Å². The molecular weight excluding hydrogens is 376 g/mol. The third-order valence-electron chi connectivity index (χ3n) is 2.83. The molecule has 0 atom stereocenters. The Morgan fingerprint density at radius 2 is 1.83 bits per heavy atom. The molecule has 0 fully saturated rings. The Morgan fingerprint density at radius 3 is 2.50 bits per heavy atom. The summed E-state index contributed by atoms with van der Waals surface area (Å²) in [5.41, 5.74) is 1.85. The lowest BCUT2D eigenvalue weighted by atomic mass is 10.3. The number of sulfonamides is 1. The highest BCUT2D eigenvalue weighted by molar-refractivity contribution is 8.01. The monoisotopic (exact) mass is 385 g/mol. The standard InChI is InChI=1S/C14H9F2N3O2S3/c15-9-1-6-12(16)13(7-9)24(20,21)19-10-2-4-11(5-3-10)23-14-18-17-8-22-14/h1-8,19H. The Kier molecular flexibility index (Phi) is 4.78. The van der Waals surface area contributed by atoms with Gasteiger partial charge in [0.15, 0.2) is 4.34 Å². The lowest BCUT2D eigenvalue weighted by molar-refractivity contribution is 0.555. The van der Waals surface area contributed by atoms with Gasteiger partial charge in [0.1, 0.15) is 22.0 Å². The Hall–Kier alpha value is -2.04. The predicted molar refractivity (Wildman–Crippen MR) is 87.6 cm³/mol. The van der Waals surface area contributed by atoms with Crippen molar-refractivity contribution in [3.05, 3.63) is 59.6 Å². The van der Waals surface area contributed by atoms with Gasteiger partial charge >= 0.3 is 0 Å². The molecule has 1 N–H and O–H groups in total. The predicted octanol–water partition coefficient (Wildman–Crippen LogP) is 3.77. The van der Waals surface area contributed by atoms with Crippen LogP contribution in [0.3, 0.4) is 0 Å². The van der Waals surface area contributed by atoms with E-state index in [4.69, 9.17) is 0 Å². The molecule has 3 aromatic rings. The first-order chi connectivity index (χ1) is 11.4. The van der Waals surface area contributed by atoms with Crippen molar-refractivity contribution in [1.29, 1.82) is 0 Å². The molecular formula is C14H9F2N3O2S3. The van der Waals surface area contributed by atoms with Gasteiger partial charge in [-0.2, -0.15) is 0 Å². The number of halogens is 2. The fraction of sp³-hybridized carbons (Fsp3) is 0. The van der Waals surface area contributed by atoms with E-state index in [-0.39, 0.29) is 5.69 Å². The molecule has 2 aromatic carbocycles. The minimum atomic E-state index is -4.22. The first kappa shape index (κ1) is 16.8. The van der Waals surface area contributed by atoms with Gasteiger partial charge < -0.3 is 0 Å². The molecule has 0 aliphatic rings. The van der Waals surface area contributed by atoms with E-state index in [9.17, 15) is 17.2 Å². The maximum absolute atomic E-state index is 13.6. The number of aromatic nitrogens is 2. The minimum Gasteiger partial charge on any atom is -0.280 e. The summed E-state index contributed by atoms with van der Waals surface area (Å²) >= 11 is 2.76. The van der Waals surface area contributed by atoms with Gasteiger partial charge in [0.25, 0.3) is 10.0 Å². The lowest BCUT2D eigenvalue weighted by Gasteiger charge is -2.09. The van der Waals surface area contributed by atoms with Crippen molar-refractivity contribution in [3.8, 4) is 0 Å². The van der Waals surface area contributed by atoms with Gasteiger partial charge in [-0.25, -0.2) is 17.2 Å². The molecule has 10 heteroatoms. The van der Waals surface area contributed by atoms with E-state index in [1.54, 1.807) is 17.6 Å². The van der Waals surface area contributed by atoms with Crippen LogP contribution in [0.2, 0.25) is 0 Å². The van der Waals surface area contributed by atoms with Crippen LogP contribution in [0.15, 0.2) is 62.1 Å². The normalized spacial score (nSPS) is 11.4. The molecule has 5 nitrogen and oxygen atoms in total. The third-order valence-corrected chi connectivity index (χ3v) is 6.02. The van der Waals surface area contributed by atoms with Gasteiger partial charge in [-0.1, -0.05) is 23.1 Å². The molecule has 0 amide bonds. The number of benzene rings is 2. The highest BCUT2D eigenvalue weighted by Gasteiger charge is 2.20. The summed E-state index contributed by atoms with van der Waals surface area (Å²) < 4.78 is 54.1. The van der Waals surface area contributed by atoms with Gasteiger partial charge in [-0.3, -0.25) is 4.72 Å². The van der Waals surface area contributed by atoms with Crippen molar-refractivity contribution < 1.29 is 17.2 Å². The van der Waals surface area contributed by atoms with Crippen molar-refractivity contribution in [1.82, 2.24) is 10.2 Å². The van der Waals surface area contributed by atoms with Crippen molar-refractivity contribution in [2.45, 2.75) is 14.1 Å². The SMILES string of the molecule is O=S(=O)(Nc1ccc(Sc2nncs2)cc1)c1cc(F)ccc1F. The van der Waals surface area contributed by atoms with Gasteiger partial charge in [0.05, 0.1) is 0 Å². The van der Waals surface area contributed by atoms with Crippen LogP contribution in [0.4, 0.5) is 14.5 Å². The molecule has 0 saturated heterocycles. The average Bonchev–Trinajstić information content (AvgIpc) is 3.04. The average molecular weight is 385 g/mol. The molecule has 1 heterocycles. The zero-order valence-corrected chi connectivity index (χ0v) is 14.3. The summed E-state index contributed by atoms with van der Waals surface area (Å²) in [5, 5.41) is 7.62. The van der Waals surface area contributed by atoms with Crippen LogP contribution in [0.25, 0.3) is 0 Å². The quantitative estimate of drug-likeness (QED) is 0.724. The van der Waals surface area contributed by atoms with E-state index in [0.29, 0.717) is 6.07 Å². The molecule has 0 aliphatic heterocycles. The fourth-order valence-corrected chi connectivity index (χ4v) is 4.39. The highest BCUT2D eigenvalue weighted by Crippen LogP contribution is 2.29. The summed E-state index contributed by atoms with van der Waals surface area (Å²) in [5.74, 6) is -1.85. The number of anilines is 1. The van der Waals surface area contributed by atoms with Gasteiger partial charge in [-0.05, 0) is 42.5 Å². The number of hydrogen-bond donors (Lipinski definition) is 1. The Labute approximate surface area is 144 Å². The van der Waals surface area contributed by atoms with Crippen molar-refractivity contribution in [3.63, 3.8) is 0 Å². The zero-order chi connectivity index (χ0) is 17.2. The van der Waals surface area contributed by atoms with Crippen LogP contribution in [-0.2, 0) is 10.0 Å². The van der Waals surface area contributed by atoms with Crippen molar-refractivity contribution >= 4 is 38.8 Å². The summed E-state index contributed by atoms with van der Waals surface area (Å²) in [6, 6.07) is 8.69. The van der Waals surface area contributed by atoms with Crippen LogP contribution in [0, 0.1) is 11.6 Å². The third kappa shape index (κ3) is 3.89. The van der Waals surface area contributed by atoms with Crippen LogP contribution >= 0.6 is 23.1 Å². The second kappa shape index (κ2) is 6.83. The summed E-state index contributed by atoms with van der Waals surface area (Å²) in [7, 11) is -4.22. The Bertz CT molecular complexity index is 946. The van der Waals surface area contributed by atoms with Gasteiger partial charge in [0, 0.05) is 10.6 Å². The largest absolute Gasteiger partial charge is 0.280 e. The summed E-state index contributed by atoms with van der Waals surface area (Å²) in [4.78, 5) is 0.0986. The van der Waals surface area contributed by atoms with E-state index in [1.807, 2.05) is 0 Å². The molecule has 0 saturated carbocycles. The number of nitrogens with zero attached hydrogens (tertiary/aromatic N) is 2. The van der Waals surface area contributed by atoms with Crippen LogP contribution < -0.4 is 4.72 Å². The maximum atomic E-state index is 13.6. The molecule has 0 radical (unpaired) electrons. The highest BCUT2D eigenvalue weighted by atomic mass is 32.2. The first-order valence-electron chi connectivity index (χ1n) is 6.46. The number of rotatable bonds is 5. The molecule has 0 spiro atoms. The van der Waals surface area contributed by atoms with Gasteiger partial charge in [0.2, 0.25) is 0 Å². The van der Waals surface area contributed by atoms with Crippen LogP contribution in [0.5, 0.6) is 0 Å². The second-order valence-corrected chi connectivity index (χ2v) is 8.32. The molecule has 3 rings (SSSR count). The zero-order valence-electron chi connectivity index (χ0n) is 11.8. The van der Waals surface area contributed by atoms with E-state index in [1.165, 1.54) is 35.2 Å². The van der Waals surface area contributed by atoms with Crippen LogP contribution in [0.1, 0.15) is 0 Å². The van der Waals surface area contributed by atoms with Crippen molar-refractivity contribution in [2.24, 2.45) is 0 Å². The molecule has 0 bridgehead atoms. The molecule has 0 unspecified atom stereocenters. The Morgan fingerprint density at radius 1 is 1.08 bits per heavy atom. The fourth-order valence-electron chi connectivity index (χ4n) is 1.79. The lowest BCUT2D eigenvalue weighted by Crippen LogP contribution is -2.14. The topological polar surface area (TPSA) is 72.0 Å². The Balaban J connectivity index is 1.79. The van der Waals surface area contributed by atoms with Gasteiger partial charge in [-0.15, -0.1) is 10.2 Å². The van der Waals surface area contributed by atoms with Crippen LogP contribution in [-0.4, -0.2) is 18.6 Å². The molecule has 124 valence electrons. The maximum Gasteiger partial charge on any atom is 0.264 e. The molecule has 1 aromatic heterocycles. The second-order valence-electron chi connectivity index (χ2n) is 4.51. The number of hydrogen-bond acceptors (Lipinski definition) is 6. The molecule has 0 aliphatic carbocycles. The minimum absolute atomic E-state index is 0.236. The van der Waals surface area contributed by atoms with E-state index in [0.717, 1.165) is 21.4 Å². The van der Waals surface area contributed by atoms with E-state index in [2.05, 4.69) is 14.9 Å². The molecule has 24 heavy (non-hydrogen) atoms. The van der Waals surface area contributed by atoms with E-state index < -0.39 is 26.6 Å². The summed E-state index contributed by atoms with van der Waals surface area (Å²) in [6.07, 6.45) is 0. The smallest absolute Gasteiger partial charge is 0.264 e. The summed E-state index contributed by atoms with van der Waals surface area (Å²) in [6.45, 7) is 0. The van der Waals surface area contributed by atoms with E-state index >= 15 is 0 Å². The first-order valence-corrected chi connectivity index (χ1v) is 9.64. The number of nitrogens with one attached hydrogen (secondary N) is 1.